The van der Waals surface area contributed by atoms with Gasteiger partial charge in [0.1, 0.15) is 0 Å². The summed E-state index contributed by atoms with van der Waals surface area (Å²) in [7, 11) is 0. The Labute approximate surface area is 89.6 Å². The zero-order chi connectivity index (χ0) is 13.2. The summed E-state index contributed by atoms with van der Waals surface area (Å²) in [4.78, 5) is 0. The van der Waals surface area contributed by atoms with Gasteiger partial charge in [-0.15, -0.1) is 0 Å². The highest BCUT2D eigenvalue weighted by Crippen LogP contribution is 2.54. The second kappa shape index (κ2) is 4.51. The monoisotopic (exact) mass is 246 g/mol. The van der Waals surface area contributed by atoms with Crippen molar-refractivity contribution in [3.63, 3.8) is 0 Å². The van der Waals surface area contributed by atoms with Crippen LogP contribution in [0.1, 0.15) is 13.8 Å². The molecule has 0 aliphatic rings. The van der Waals surface area contributed by atoms with Crippen LogP contribution in [0.3, 0.4) is 0 Å². The molecule has 0 N–H and O–H groups in total. The Morgan fingerprint density at radius 1 is 1.00 bits per heavy atom. The topological polar surface area (TPSA) is 0 Å². The summed E-state index contributed by atoms with van der Waals surface area (Å²) >= 11 is 0. The van der Waals surface area contributed by atoms with E-state index in [9.17, 15) is 26.3 Å². The Morgan fingerprint density at radius 2 is 1.38 bits per heavy atom. The summed E-state index contributed by atoms with van der Waals surface area (Å²) in [6, 6.07) is 0. The minimum Gasteiger partial charge on any atom is -0.170 e. The first-order valence-electron chi connectivity index (χ1n) is 4.41. The first-order chi connectivity index (χ1) is 6.98. The van der Waals surface area contributed by atoms with Crippen molar-refractivity contribution in [1.82, 2.24) is 0 Å². The van der Waals surface area contributed by atoms with Crippen LogP contribution in [0.5, 0.6) is 0 Å². The number of hydrogen-bond donors (Lipinski definition) is 0. The Hall–Kier alpha value is -0.940. The van der Waals surface area contributed by atoms with Crippen molar-refractivity contribution < 1.29 is 26.3 Å². The van der Waals surface area contributed by atoms with Crippen LogP contribution < -0.4 is 0 Å². The molecule has 94 valence electrons. The third-order valence-electron chi connectivity index (χ3n) is 2.62. The number of hydrogen-bond acceptors (Lipinski definition) is 0. The molecule has 0 radical (unpaired) electrons. The van der Waals surface area contributed by atoms with Crippen LogP contribution in [0.2, 0.25) is 0 Å². The number of halogens is 6. The zero-order valence-corrected chi connectivity index (χ0v) is 8.78. The third-order valence-corrected chi connectivity index (χ3v) is 2.62. The molecule has 0 bridgehead atoms. The van der Waals surface area contributed by atoms with E-state index in [-0.39, 0.29) is 6.92 Å². The van der Waals surface area contributed by atoms with Crippen molar-refractivity contribution in [2.75, 3.05) is 0 Å². The molecule has 0 aromatic rings. The van der Waals surface area contributed by atoms with Crippen LogP contribution >= 0.6 is 0 Å². The van der Waals surface area contributed by atoms with E-state index >= 15 is 0 Å². The van der Waals surface area contributed by atoms with Gasteiger partial charge >= 0.3 is 12.4 Å². The van der Waals surface area contributed by atoms with E-state index in [0.717, 1.165) is 25.2 Å². The largest absolute Gasteiger partial charge is 0.403 e. The summed E-state index contributed by atoms with van der Waals surface area (Å²) in [5, 5.41) is 0. The van der Waals surface area contributed by atoms with Crippen LogP contribution in [0.4, 0.5) is 26.3 Å². The predicted molar refractivity (Wildman–Crippen MR) is 48.7 cm³/mol. The third kappa shape index (κ3) is 2.59. The molecule has 1 atom stereocenters. The fraction of sp³-hybridized carbons (Fsp3) is 0.600. The molecule has 0 aliphatic heterocycles. The summed E-state index contributed by atoms with van der Waals surface area (Å²) in [6.45, 7) is 4.22. The van der Waals surface area contributed by atoms with Crippen LogP contribution in [0.25, 0.3) is 0 Å². The number of alkyl halides is 6. The second-order valence-electron chi connectivity index (χ2n) is 3.61. The van der Waals surface area contributed by atoms with Crippen molar-refractivity contribution in [3.8, 4) is 0 Å². The van der Waals surface area contributed by atoms with Gasteiger partial charge in [0.05, 0.1) is 0 Å². The molecule has 0 spiro atoms. The summed E-state index contributed by atoms with van der Waals surface area (Å²) in [5.74, 6) is -1.72. The van der Waals surface area contributed by atoms with E-state index in [0.29, 0.717) is 0 Å². The van der Waals surface area contributed by atoms with Gasteiger partial charge in [0.15, 0.2) is 5.41 Å². The highest BCUT2D eigenvalue weighted by Gasteiger charge is 2.69. The van der Waals surface area contributed by atoms with Crippen LogP contribution in [-0.4, -0.2) is 12.4 Å². The molecular weight excluding hydrogens is 234 g/mol. The maximum absolute atomic E-state index is 12.5. The van der Waals surface area contributed by atoms with Crippen LogP contribution in [0.15, 0.2) is 24.8 Å². The standard InChI is InChI=1S/C10H12F6/c1-4-5-6-7(2)8(3,9(11,12)13)10(14,15)16/h4-7H,1H2,2-3H3/b6-5-. The van der Waals surface area contributed by atoms with Gasteiger partial charge in [-0.2, -0.15) is 26.3 Å². The lowest BCUT2D eigenvalue weighted by molar-refractivity contribution is -0.345. The van der Waals surface area contributed by atoms with Gasteiger partial charge in [0.25, 0.3) is 0 Å². The molecule has 16 heavy (non-hydrogen) atoms. The lowest BCUT2D eigenvalue weighted by Crippen LogP contribution is -2.51. The molecular formula is C10H12F6. The van der Waals surface area contributed by atoms with Gasteiger partial charge in [0, 0.05) is 0 Å². The van der Waals surface area contributed by atoms with Gasteiger partial charge in [-0.05, 0) is 12.8 Å². The lowest BCUT2D eigenvalue weighted by atomic mass is 9.76. The summed E-state index contributed by atoms with van der Waals surface area (Å²) in [6.07, 6.45) is -7.66. The van der Waals surface area contributed by atoms with E-state index in [1.807, 2.05) is 0 Å². The lowest BCUT2D eigenvalue weighted by Gasteiger charge is -2.37. The van der Waals surface area contributed by atoms with Gasteiger partial charge in [0.2, 0.25) is 0 Å². The molecule has 0 rings (SSSR count). The van der Waals surface area contributed by atoms with Crippen LogP contribution in [0, 0.1) is 11.3 Å². The Balaban J connectivity index is 5.43. The maximum atomic E-state index is 12.5. The summed E-state index contributed by atoms with van der Waals surface area (Å²) < 4.78 is 75.0. The van der Waals surface area contributed by atoms with Gasteiger partial charge in [-0.25, -0.2) is 0 Å². The van der Waals surface area contributed by atoms with Crippen molar-refractivity contribution >= 4 is 0 Å². The Kier molecular flexibility index (Phi) is 4.24. The zero-order valence-electron chi connectivity index (χ0n) is 8.78. The van der Waals surface area contributed by atoms with E-state index in [1.54, 1.807) is 0 Å². The van der Waals surface area contributed by atoms with Gasteiger partial charge < -0.3 is 0 Å². The molecule has 0 aromatic carbocycles. The van der Waals surface area contributed by atoms with E-state index in [4.69, 9.17) is 0 Å². The maximum Gasteiger partial charge on any atom is 0.403 e. The summed E-state index contributed by atoms with van der Waals surface area (Å²) in [5.41, 5.74) is -3.75. The average molecular weight is 246 g/mol. The quantitative estimate of drug-likeness (QED) is 0.508. The molecule has 0 saturated heterocycles. The van der Waals surface area contributed by atoms with Crippen molar-refractivity contribution in [2.45, 2.75) is 26.2 Å². The highest BCUT2D eigenvalue weighted by molar-refractivity contribution is 5.06. The molecule has 0 aliphatic carbocycles. The van der Waals surface area contributed by atoms with Crippen molar-refractivity contribution in [1.29, 1.82) is 0 Å². The highest BCUT2D eigenvalue weighted by atomic mass is 19.4. The SMILES string of the molecule is C=C/C=C\C(C)C(C)(C(F)(F)F)C(F)(F)F. The Morgan fingerprint density at radius 3 is 1.62 bits per heavy atom. The number of rotatable bonds is 3. The fourth-order valence-corrected chi connectivity index (χ4v) is 1.11. The van der Waals surface area contributed by atoms with E-state index in [1.165, 1.54) is 0 Å². The molecule has 0 saturated carbocycles. The van der Waals surface area contributed by atoms with Gasteiger partial charge in [-0.1, -0.05) is 31.7 Å². The average Bonchev–Trinajstić information content (AvgIpc) is 2.08. The van der Waals surface area contributed by atoms with E-state index in [2.05, 4.69) is 6.58 Å². The normalized spacial score (nSPS) is 16.5. The van der Waals surface area contributed by atoms with Crippen molar-refractivity contribution in [2.24, 2.45) is 11.3 Å². The molecule has 0 heterocycles. The number of allylic oxidation sites excluding steroid dienone is 3. The minimum absolute atomic E-state index is 0.158. The Bertz CT molecular complexity index is 256. The van der Waals surface area contributed by atoms with E-state index < -0.39 is 23.7 Å². The molecule has 0 nitrogen and oxygen atoms in total. The molecule has 6 heteroatoms. The van der Waals surface area contributed by atoms with Gasteiger partial charge in [-0.3, -0.25) is 0 Å². The minimum atomic E-state index is -5.35. The second-order valence-corrected chi connectivity index (χ2v) is 3.61. The smallest absolute Gasteiger partial charge is 0.170 e. The molecule has 0 aromatic heterocycles. The first kappa shape index (κ1) is 15.1. The first-order valence-corrected chi connectivity index (χ1v) is 4.41. The molecule has 1 unspecified atom stereocenters. The fourth-order valence-electron chi connectivity index (χ4n) is 1.11. The van der Waals surface area contributed by atoms with Crippen LogP contribution in [-0.2, 0) is 0 Å². The van der Waals surface area contributed by atoms with Crippen molar-refractivity contribution in [3.05, 3.63) is 24.8 Å². The predicted octanol–water partition coefficient (Wildman–Crippen LogP) is 4.50. The molecule has 0 amide bonds. The molecule has 0 fully saturated rings.